The number of aromatic hydroxyl groups is 1. The van der Waals surface area contributed by atoms with E-state index < -0.39 is 0 Å². The molecule has 0 spiro atoms. The standard InChI is InChI=1S/C26H23ClN4OS/c1-16-15-22(17(2)30(16)19-10-12-21(32)13-11-19)25-24(23-5-3-4-14-28-23)29-26(33)31(25)20-8-6-18(27)7-9-20/h3-15,24-25,32H,1-2H3,(H,29,33)/t24-,25-/m0/s1. The highest BCUT2D eigenvalue weighted by atomic mass is 35.5. The molecule has 0 radical (unpaired) electrons. The van der Waals surface area contributed by atoms with Gasteiger partial charge in [0, 0.05) is 34.0 Å². The molecule has 1 saturated heterocycles. The molecule has 0 bridgehead atoms. The first-order valence-electron chi connectivity index (χ1n) is 10.7. The fraction of sp³-hybridized carbons (Fsp3) is 0.154. The van der Waals surface area contributed by atoms with Gasteiger partial charge in [-0.3, -0.25) is 4.98 Å². The van der Waals surface area contributed by atoms with Gasteiger partial charge in [0.1, 0.15) is 5.75 Å². The van der Waals surface area contributed by atoms with E-state index in [0.717, 1.165) is 34.0 Å². The molecule has 2 N–H and O–H groups in total. The zero-order chi connectivity index (χ0) is 23.1. The Morgan fingerprint density at radius 2 is 1.67 bits per heavy atom. The molecule has 0 aliphatic carbocycles. The number of hydrogen-bond acceptors (Lipinski definition) is 3. The van der Waals surface area contributed by atoms with Crippen LogP contribution in [0, 0.1) is 13.8 Å². The summed E-state index contributed by atoms with van der Waals surface area (Å²) in [4.78, 5) is 6.78. The van der Waals surface area contributed by atoms with E-state index in [2.05, 4.69) is 39.7 Å². The number of aryl methyl sites for hydroxylation is 1. The number of thiocarbonyl (C=S) groups is 1. The van der Waals surface area contributed by atoms with Crippen molar-refractivity contribution in [3.05, 3.63) is 107 Å². The lowest BCUT2D eigenvalue weighted by Crippen LogP contribution is -2.29. The van der Waals surface area contributed by atoms with Crippen molar-refractivity contribution in [3.8, 4) is 11.4 Å². The summed E-state index contributed by atoms with van der Waals surface area (Å²) in [6, 6.07) is 22.9. The van der Waals surface area contributed by atoms with E-state index in [0.29, 0.717) is 10.1 Å². The van der Waals surface area contributed by atoms with Gasteiger partial charge in [0.2, 0.25) is 0 Å². The molecule has 7 heteroatoms. The molecular formula is C26H23ClN4OS. The van der Waals surface area contributed by atoms with Crippen molar-refractivity contribution in [2.24, 2.45) is 0 Å². The molecule has 0 unspecified atom stereocenters. The highest BCUT2D eigenvalue weighted by molar-refractivity contribution is 7.80. The Labute approximate surface area is 203 Å². The number of anilines is 1. The second-order valence-corrected chi connectivity index (χ2v) is 8.97. The van der Waals surface area contributed by atoms with Crippen molar-refractivity contribution < 1.29 is 5.11 Å². The van der Waals surface area contributed by atoms with Crippen LogP contribution in [0.25, 0.3) is 5.69 Å². The first-order chi connectivity index (χ1) is 15.9. The zero-order valence-corrected chi connectivity index (χ0v) is 19.8. The summed E-state index contributed by atoms with van der Waals surface area (Å²) in [5.41, 5.74) is 6.25. The number of pyridine rings is 1. The fourth-order valence-electron chi connectivity index (χ4n) is 4.64. The zero-order valence-electron chi connectivity index (χ0n) is 18.2. The summed E-state index contributed by atoms with van der Waals surface area (Å²) < 4.78 is 2.20. The van der Waals surface area contributed by atoms with E-state index in [1.165, 1.54) is 0 Å². The lowest BCUT2D eigenvalue weighted by Gasteiger charge is -2.28. The maximum Gasteiger partial charge on any atom is 0.174 e. The molecule has 0 amide bonds. The number of phenols is 1. The number of halogens is 1. The van der Waals surface area contributed by atoms with Crippen LogP contribution in [0.15, 0.2) is 79.0 Å². The molecule has 0 saturated carbocycles. The van der Waals surface area contributed by atoms with Crippen molar-refractivity contribution in [1.29, 1.82) is 0 Å². The summed E-state index contributed by atoms with van der Waals surface area (Å²) in [6.45, 7) is 4.21. The third-order valence-electron chi connectivity index (χ3n) is 6.10. The molecule has 5 nitrogen and oxygen atoms in total. The Bertz CT molecular complexity index is 1300. The molecular weight excluding hydrogens is 452 g/mol. The van der Waals surface area contributed by atoms with Gasteiger partial charge >= 0.3 is 0 Å². The van der Waals surface area contributed by atoms with E-state index in [9.17, 15) is 5.11 Å². The van der Waals surface area contributed by atoms with Crippen molar-refractivity contribution in [2.75, 3.05) is 4.90 Å². The van der Waals surface area contributed by atoms with E-state index in [4.69, 9.17) is 23.8 Å². The predicted molar refractivity (Wildman–Crippen MR) is 136 cm³/mol. The molecule has 1 fully saturated rings. The highest BCUT2D eigenvalue weighted by Gasteiger charge is 2.42. The minimum Gasteiger partial charge on any atom is -0.508 e. The van der Waals surface area contributed by atoms with E-state index >= 15 is 0 Å². The maximum atomic E-state index is 9.74. The van der Waals surface area contributed by atoms with Gasteiger partial charge in [-0.05, 0) is 98.4 Å². The third kappa shape index (κ3) is 3.86. The van der Waals surface area contributed by atoms with Gasteiger partial charge in [0.15, 0.2) is 5.11 Å². The molecule has 166 valence electrons. The van der Waals surface area contributed by atoms with Crippen molar-refractivity contribution in [1.82, 2.24) is 14.9 Å². The minimum atomic E-state index is -0.122. The van der Waals surface area contributed by atoms with E-state index in [1.807, 2.05) is 60.8 Å². The van der Waals surface area contributed by atoms with Crippen molar-refractivity contribution in [3.63, 3.8) is 0 Å². The third-order valence-corrected chi connectivity index (χ3v) is 6.67. The van der Waals surface area contributed by atoms with Crippen LogP contribution in [-0.2, 0) is 0 Å². The van der Waals surface area contributed by atoms with Gasteiger partial charge in [0.05, 0.1) is 17.8 Å². The minimum absolute atomic E-state index is 0.106. The summed E-state index contributed by atoms with van der Waals surface area (Å²) in [5.74, 6) is 0.246. The van der Waals surface area contributed by atoms with E-state index in [1.54, 1.807) is 12.1 Å². The Hall–Kier alpha value is -3.35. The van der Waals surface area contributed by atoms with Crippen LogP contribution >= 0.6 is 23.8 Å². The van der Waals surface area contributed by atoms with Gasteiger partial charge in [0.25, 0.3) is 0 Å². The van der Waals surface area contributed by atoms with Crippen molar-refractivity contribution >= 4 is 34.6 Å². The molecule has 1 aliphatic heterocycles. The summed E-state index contributed by atoms with van der Waals surface area (Å²) in [6.07, 6.45) is 1.81. The van der Waals surface area contributed by atoms with Gasteiger partial charge in [-0.25, -0.2) is 0 Å². The second kappa shape index (κ2) is 8.54. The molecule has 3 heterocycles. The van der Waals surface area contributed by atoms with Gasteiger partial charge in [-0.1, -0.05) is 17.7 Å². The molecule has 33 heavy (non-hydrogen) atoms. The maximum absolute atomic E-state index is 9.74. The van der Waals surface area contributed by atoms with Crippen LogP contribution in [0.3, 0.4) is 0 Å². The monoisotopic (exact) mass is 474 g/mol. The molecule has 5 rings (SSSR count). The molecule has 2 aromatic carbocycles. The van der Waals surface area contributed by atoms with Gasteiger partial charge < -0.3 is 19.9 Å². The molecule has 4 aromatic rings. The summed E-state index contributed by atoms with van der Waals surface area (Å²) >= 11 is 12.0. The lowest BCUT2D eigenvalue weighted by atomic mass is 9.96. The fourth-order valence-corrected chi connectivity index (χ4v) is 5.11. The Kier molecular flexibility index (Phi) is 5.56. The first kappa shape index (κ1) is 21.5. The lowest BCUT2D eigenvalue weighted by molar-refractivity contribution is 0.475. The largest absolute Gasteiger partial charge is 0.508 e. The normalized spacial score (nSPS) is 17.9. The molecule has 2 aromatic heterocycles. The number of aromatic nitrogens is 2. The Morgan fingerprint density at radius 3 is 2.33 bits per heavy atom. The van der Waals surface area contributed by atoms with Crippen LogP contribution in [0.1, 0.15) is 34.7 Å². The predicted octanol–water partition coefficient (Wildman–Crippen LogP) is 6.03. The van der Waals surface area contributed by atoms with Crippen molar-refractivity contribution in [2.45, 2.75) is 25.9 Å². The number of rotatable bonds is 4. The number of nitrogens with one attached hydrogen (secondary N) is 1. The number of phenolic OH excluding ortho intramolecular Hbond substituents is 1. The average Bonchev–Trinajstić information content (AvgIpc) is 3.31. The van der Waals surface area contributed by atoms with Crippen LogP contribution in [0.4, 0.5) is 5.69 Å². The molecule has 2 atom stereocenters. The quantitative estimate of drug-likeness (QED) is 0.354. The van der Waals surface area contributed by atoms with Crippen LogP contribution in [0.5, 0.6) is 5.75 Å². The van der Waals surface area contributed by atoms with Gasteiger partial charge in [-0.15, -0.1) is 0 Å². The topological polar surface area (TPSA) is 53.3 Å². The van der Waals surface area contributed by atoms with Crippen LogP contribution in [-0.4, -0.2) is 19.8 Å². The van der Waals surface area contributed by atoms with Crippen LogP contribution in [0.2, 0.25) is 5.02 Å². The number of hydrogen-bond donors (Lipinski definition) is 2. The Balaban J connectivity index is 1.67. The smallest absolute Gasteiger partial charge is 0.174 e. The highest BCUT2D eigenvalue weighted by Crippen LogP contribution is 2.43. The second-order valence-electron chi connectivity index (χ2n) is 8.15. The van der Waals surface area contributed by atoms with Gasteiger partial charge in [-0.2, -0.15) is 0 Å². The SMILES string of the molecule is Cc1cc([C@H]2[C@H](c3ccccn3)NC(=S)N2c2ccc(Cl)cc2)c(C)n1-c1ccc(O)cc1. The summed E-state index contributed by atoms with van der Waals surface area (Å²) in [5, 5.41) is 14.6. The molecule has 1 aliphatic rings. The van der Waals surface area contributed by atoms with Crippen LogP contribution < -0.4 is 10.2 Å². The number of nitrogens with zero attached hydrogens (tertiary/aromatic N) is 3. The number of benzene rings is 2. The Morgan fingerprint density at radius 1 is 0.970 bits per heavy atom. The van der Waals surface area contributed by atoms with E-state index in [-0.39, 0.29) is 17.8 Å². The first-order valence-corrected chi connectivity index (χ1v) is 11.5. The average molecular weight is 475 g/mol. The summed E-state index contributed by atoms with van der Waals surface area (Å²) in [7, 11) is 0.